The van der Waals surface area contributed by atoms with Gasteiger partial charge in [-0.3, -0.25) is 9.59 Å². The van der Waals surface area contributed by atoms with E-state index in [4.69, 9.17) is 0 Å². The molecule has 0 spiro atoms. The summed E-state index contributed by atoms with van der Waals surface area (Å²) < 4.78 is 27.4. The van der Waals surface area contributed by atoms with E-state index in [1.165, 1.54) is 22.3 Å². The molecule has 1 aromatic heterocycles. The summed E-state index contributed by atoms with van der Waals surface area (Å²) in [6.07, 6.45) is 1.26. The predicted octanol–water partition coefficient (Wildman–Crippen LogP) is 3.13. The highest BCUT2D eigenvalue weighted by Gasteiger charge is 2.26. The third-order valence-electron chi connectivity index (χ3n) is 3.91. The van der Waals surface area contributed by atoms with Gasteiger partial charge in [0.05, 0.1) is 5.69 Å². The Morgan fingerprint density at radius 2 is 2.12 bits per heavy atom. The molecular formula is C17H16F2N2O2S. The van der Waals surface area contributed by atoms with Gasteiger partial charge in [-0.1, -0.05) is 0 Å². The van der Waals surface area contributed by atoms with Crippen LogP contribution in [0.1, 0.15) is 28.8 Å². The third kappa shape index (κ3) is 3.46. The third-order valence-corrected chi connectivity index (χ3v) is 4.60. The quantitative estimate of drug-likeness (QED) is 0.921. The Hall–Kier alpha value is -2.28. The first-order valence-corrected chi connectivity index (χ1v) is 8.59. The Bertz CT molecular complexity index is 762. The molecule has 0 aliphatic carbocycles. The van der Waals surface area contributed by atoms with E-state index in [0.29, 0.717) is 30.5 Å². The van der Waals surface area contributed by atoms with Crippen molar-refractivity contribution in [2.24, 2.45) is 0 Å². The highest BCUT2D eigenvalue weighted by atomic mass is 32.1. The van der Waals surface area contributed by atoms with Crippen molar-refractivity contribution >= 4 is 28.8 Å². The molecule has 0 saturated carbocycles. The van der Waals surface area contributed by atoms with E-state index in [0.717, 1.165) is 6.07 Å². The van der Waals surface area contributed by atoms with Crippen LogP contribution in [0, 0.1) is 11.6 Å². The summed E-state index contributed by atoms with van der Waals surface area (Å²) in [5.74, 6) is -1.88. The molecule has 24 heavy (non-hydrogen) atoms. The molecule has 1 aliphatic rings. The standard InChI is InChI=1S/C17H16F2N2O2S/c18-13-8-11-2-1-6-21(16(11)14(19)9-13)15(22)3-5-20-17(23)12-4-7-24-10-12/h4,7-10H,1-3,5-6H2,(H,20,23). The lowest BCUT2D eigenvalue weighted by Gasteiger charge is -2.30. The van der Waals surface area contributed by atoms with Gasteiger partial charge in [-0.2, -0.15) is 11.3 Å². The van der Waals surface area contributed by atoms with Crippen LogP contribution in [0.5, 0.6) is 0 Å². The molecule has 0 saturated heterocycles. The highest BCUT2D eigenvalue weighted by molar-refractivity contribution is 7.08. The average Bonchev–Trinajstić information content (AvgIpc) is 3.08. The van der Waals surface area contributed by atoms with Gasteiger partial charge >= 0.3 is 0 Å². The van der Waals surface area contributed by atoms with Crippen LogP contribution in [-0.2, 0) is 11.2 Å². The smallest absolute Gasteiger partial charge is 0.252 e. The van der Waals surface area contributed by atoms with Crippen molar-refractivity contribution in [1.82, 2.24) is 5.32 Å². The maximum absolute atomic E-state index is 14.1. The molecule has 0 radical (unpaired) electrons. The van der Waals surface area contributed by atoms with Crippen LogP contribution in [0.2, 0.25) is 0 Å². The number of rotatable bonds is 4. The van der Waals surface area contributed by atoms with Crippen LogP contribution >= 0.6 is 11.3 Å². The molecule has 1 aromatic carbocycles. The molecule has 0 unspecified atom stereocenters. The van der Waals surface area contributed by atoms with Crippen molar-refractivity contribution in [1.29, 1.82) is 0 Å². The molecule has 3 rings (SSSR count). The van der Waals surface area contributed by atoms with Crippen LogP contribution in [0.15, 0.2) is 29.0 Å². The molecule has 126 valence electrons. The van der Waals surface area contributed by atoms with Gasteiger partial charge < -0.3 is 10.2 Å². The van der Waals surface area contributed by atoms with Crippen molar-refractivity contribution in [3.05, 3.63) is 51.7 Å². The topological polar surface area (TPSA) is 49.4 Å². The SMILES string of the molecule is O=C(NCCC(=O)N1CCCc2cc(F)cc(F)c21)c1ccsc1. The summed E-state index contributed by atoms with van der Waals surface area (Å²) in [6, 6.07) is 3.77. The zero-order valence-electron chi connectivity index (χ0n) is 12.9. The molecule has 7 heteroatoms. The van der Waals surface area contributed by atoms with Crippen LogP contribution in [0.3, 0.4) is 0 Å². The summed E-state index contributed by atoms with van der Waals surface area (Å²) in [6.45, 7) is 0.565. The van der Waals surface area contributed by atoms with Crippen molar-refractivity contribution in [3.8, 4) is 0 Å². The number of hydrogen-bond donors (Lipinski definition) is 1. The fourth-order valence-electron chi connectivity index (χ4n) is 2.81. The minimum atomic E-state index is -0.722. The molecule has 1 aliphatic heterocycles. The number of hydrogen-bond acceptors (Lipinski definition) is 3. The molecule has 0 atom stereocenters. The van der Waals surface area contributed by atoms with Crippen molar-refractivity contribution in [2.45, 2.75) is 19.3 Å². The second kappa shape index (κ2) is 7.09. The number of benzene rings is 1. The zero-order chi connectivity index (χ0) is 17.1. The number of halogens is 2. The molecule has 2 heterocycles. The number of aryl methyl sites for hydroxylation is 1. The maximum Gasteiger partial charge on any atom is 0.252 e. The van der Waals surface area contributed by atoms with E-state index in [-0.39, 0.29) is 30.5 Å². The van der Waals surface area contributed by atoms with E-state index in [1.54, 1.807) is 16.8 Å². The molecule has 1 N–H and O–H groups in total. The van der Waals surface area contributed by atoms with Gasteiger partial charge in [-0.15, -0.1) is 0 Å². The Kier molecular flexibility index (Phi) is 4.89. The summed E-state index contributed by atoms with van der Waals surface area (Å²) in [7, 11) is 0. The number of carbonyl (C=O) groups is 2. The van der Waals surface area contributed by atoms with Gasteiger partial charge in [0, 0.05) is 36.5 Å². The van der Waals surface area contributed by atoms with Crippen LogP contribution in [-0.4, -0.2) is 24.9 Å². The van der Waals surface area contributed by atoms with Crippen LogP contribution in [0.25, 0.3) is 0 Å². The number of thiophene rings is 1. The molecular weight excluding hydrogens is 334 g/mol. The largest absolute Gasteiger partial charge is 0.351 e. The first kappa shape index (κ1) is 16.6. The van der Waals surface area contributed by atoms with E-state index < -0.39 is 11.6 Å². The van der Waals surface area contributed by atoms with Crippen LogP contribution < -0.4 is 10.2 Å². The monoisotopic (exact) mass is 350 g/mol. The normalized spacial score (nSPS) is 13.5. The summed E-state index contributed by atoms with van der Waals surface area (Å²) in [5, 5.41) is 6.19. The number of amides is 2. The number of anilines is 1. The van der Waals surface area contributed by atoms with Crippen LogP contribution in [0.4, 0.5) is 14.5 Å². The molecule has 0 bridgehead atoms. The van der Waals surface area contributed by atoms with Crippen molar-refractivity contribution < 1.29 is 18.4 Å². The Balaban J connectivity index is 1.63. The number of fused-ring (bicyclic) bond motifs is 1. The number of carbonyl (C=O) groups excluding carboxylic acids is 2. The molecule has 2 amide bonds. The van der Waals surface area contributed by atoms with E-state index in [2.05, 4.69) is 5.32 Å². The minimum Gasteiger partial charge on any atom is -0.351 e. The van der Waals surface area contributed by atoms with Gasteiger partial charge in [-0.05, 0) is 35.9 Å². The number of nitrogens with zero attached hydrogens (tertiary/aromatic N) is 1. The predicted molar refractivity (Wildman–Crippen MR) is 88.3 cm³/mol. The summed E-state index contributed by atoms with van der Waals surface area (Å²) in [5.41, 5.74) is 1.23. The Morgan fingerprint density at radius 3 is 2.88 bits per heavy atom. The highest BCUT2D eigenvalue weighted by Crippen LogP contribution is 2.31. The Labute approximate surface area is 142 Å². The second-order valence-electron chi connectivity index (χ2n) is 5.56. The maximum atomic E-state index is 14.1. The van der Waals surface area contributed by atoms with Gasteiger partial charge in [0.1, 0.15) is 11.6 Å². The van der Waals surface area contributed by atoms with Crippen molar-refractivity contribution in [3.63, 3.8) is 0 Å². The summed E-state index contributed by atoms with van der Waals surface area (Å²) in [4.78, 5) is 25.6. The number of nitrogens with one attached hydrogen (secondary N) is 1. The van der Waals surface area contributed by atoms with E-state index >= 15 is 0 Å². The molecule has 4 nitrogen and oxygen atoms in total. The zero-order valence-corrected chi connectivity index (χ0v) is 13.7. The lowest BCUT2D eigenvalue weighted by molar-refractivity contribution is -0.118. The lowest BCUT2D eigenvalue weighted by atomic mass is 10.0. The van der Waals surface area contributed by atoms with Gasteiger partial charge in [0.25, 0.3) is 5.91 Å². The average molecular weight is 350 g/mol. The van der Waals surface area contributed by atoms with E-state index in [1.807, 2.05) is 0 Å². The molecule has 0 fully saturated rings. The summed E-state index contributed by atoms with van der Waals surface area (Å²) >= 11 is 1.42. The van der Waals surface area contributed by atoms with Gasteiger partial charge in [0.2, 0.25) is 5.91 Å². The van der Waals surface area contributed by atoms with Gasteiger partial charge in [0.15, 0.2) is 0 Å². The second-order valence-corrected chi connectivity index (χ2v) is 6.34. The minimum absolute atomic E-state index is 0.0616. The Morgan fingerprint density at radius 1 is 1.29 bits per heavy atom. The first-order valence-electron chi connectivity index (χ1n) is 7.65. The van der Waals surface area contributed by atoms with Gasteiger partial charge in [-0.25, -0.2) is 8.78 Å². The molecule has 2 aromatic rings. The first-order chi connectivity index (χ1) is 11.6. The fourth-order valence-corrected chi connectivity index (χ4v) is 3.45. The lowest BCUT2D eigenvalue weighted by Crippen LogP contribution is -2.38. The van der Waals surface area contributed by atoms with Crippen molar-refractivity contribution in [2.75, 3.05) is 18.0 Å². The fraction of sp³-hybridized carbons (Fsp3) is 0.294. The van der Waals surface area contributed by atoms with E-state index in [9.17, 15) is 18.4 Å².